The van der Waals surface area contributed by atoms with E-state index in [2.05, 4.69) is 15.8 Å². The minimum atomic E-state index is -1.92. The quantitative estimate of drug-likeness (QED) is 0.0551. The maximum atomic E-state index is 13.5. The van der Waals surface area contributed by atoms with Gasteiger partial charge in [-0.05, 0) is 39.2 Å². The van der Waals surface area contributed by atoms with Gasteiger partial charge in [-0.1, -0.05) is 12.1 Å². The van der Waals surface area contributed by atoms with Gasteiger partial charge in [0, 0.05) is 61.8 Å². The number of phenols is 2. The van der Waals surface area contributed by atoms with E-state index < -0.39 is 69.9 Å². The number of aliphatic hydroxyl groups is 2. The smallest absolute Gasteiger partial charge is 0.242 e. The second kappa shape index (κ2) is 16.3. The fourth-order valence-electron chi connectivity index (χ4n) is 7.09. The third-order valence-corrected chi connectivity index (χ3v) is 10.9. The monoisotopic (exact) mass is 768 g/mol. The maximum absolute atomic E-state index is 13.5. The topological polar surface area (TPSA) is 241 Å². The Kier molecular flexibility index (Phi) is 12.1. The van der Waals surface area contributed by atoms with Gasteiger partial charge in [-0.25, -0.2) is 5.43 Å². The molecule has 0 bridgehead atoms. The van der Waals surface area contributed by atoms with E-state index >= 15 is 0 Å². The predicted molar refractivity (Wildman–Crippen MR) is 195 cm³/mol. The highest BCUT2D eigenvalue weighted by Crippen LogP contribution is 2.48. The predicted octanol–water partition coefficient (Wildman–Crippen LogP) is 1.14. The Morgan fingerprint density at radius 3 is 2.41 bits per heavy atom. The average Bonchev–Trinajstić information content (AvgIpc) is 3.39. The molecule has 0 spiro atoms. The number of rotatable bonds is 15. The van der Waals surface area contributed by atoms with Crippen molar-refractivity contribution in [3.05, 3.63) is 51.6 Å². The Balaban J connectivity index is 1.18. The van der Waals surface area contributed by atoms with E-state index in [-0.39, 0.29) is 96.2 Å². The van der Waals surface area contributed by atoms with Crippen LogP contribution in [-0.4, -0.2) is 122 Å². The van der Waals surface area contributed by atoms with Gasteiger partial charge in [-0.15, -0.1) is 11.8 Å². The number of hydrazone groups is 1. The van der Waals surface area contributed by atoms with Crippen LogP contribution in [0.5, 0.6) is 17.2 Å². The van der Waals surface area contributed by atoms with Gasteiger partial charge in [-0.2, -0.15) is 5.10 Å². The van der Waals surface area contributed by atoms with Gasteiger partial charge in [0.1, 0.15) is 22.8 Å². The van der Waals surface area contributed by atoms with E-state index in [9.17, 15) is 49.2 Å². The van der Waals surface area contributed by atoms with E-state index in [1.165, 1.54) is 44.2 Å². The molecule has 1 heterocycles. The number of fused-ring (bicyclic) bond motifs is 3. The van der Waals surface area contributed by atoms with Crippen molar-refractivity contribution in [3.63, 3.8) is 0 Å². The first-order chi connectivity index (χ1) is 25.6. The molecule has 17 heteroatoms. The van der Waals surface area contributed by atoms with Crippen molar-refractivity contribution in [1.29, 1.82) is 0 Å². The average molecular weight is 769 g/mol. The Hall–Kier alpha value is -4.84. The molecule has 2 aromatic carbocycles. The molecule has 0 radical (unpaired) electrons. The number of aliphatic hydroxyl groups excluding tert-OH is 1. The lowest BCUT2D eigenvalue weighted by Gasteiger charge is -2.36. The van der Waals surface area contributed by atoms with Crippen LogP contribution in [0.2, 0.25) is 0 Å². The number of likely N-dealkylation sites (tertiary alicyclic amines) is 1. The number of ether oxygens (including phenoxy) is 2. The molecular weight excluding hydrogens is 724 g/mol. The molecule has 6 N–H and O–H groups in total. The van der Waals surface area contributed by atoms with Crippen LogP contribution in [0, 0.1) is 0 Å². The molecule has 0 aromatic heterocycles. The normalized spacial score (nSPS) is 19.7. The molecular formula is C37H44N4O12S. The minimum Gasteiger partial charge on any atom is -0.507 e. The van der Waals surface area contributed by atoms with Crippen LogP contribution in [0.4, 0.5) is 0 Å². The van der Waals surface area contributed by atoms with E-state index in [1.807, 2.05) is 13.8 Å². The number of aromatic hydroxyl groups is 2. The molecule has 290 valence electrons. The Morgan fingerprint density at radius 1 is 1.02 bits per heavy atom. The number of carbonyl (C=O) groups excluding carboxylic acids is 6. The molecule has 5 rings (SSSR count). The number of ketones is 2. The molecule has 1 unspecified atom stereocenters. The summed E-state index contributed by atoms with van der Waals surface area (Å²) < 4.78 is 10.4. The summed E-state index contributed by atoms with van der Waals surface area (Å²) in [6.07, 6.45) is -0.517. The van der Waals surface area contributed by atoms with Crippen LogP contribution in [0.1, 0.15) is 88.9 Å². The molecule has 0 saturated carbocycles. The summed E-state index contributed by atoms with van der Waals surface area (Å²) in [5.41, 5.74) is -1.14. The second-order valence-electron chi connectivity index (χ2n) is 14.1. The third kappa shape index (κ3) is 7.99. The van der Waals surface area contributed by atoms with E-state index in [0.29, 0.717) is 12.4 Å². The van der Waals surface area contributed by atoms with Gasteiger partial charge >= 0.3 is 0 Å². The number of nitrogens with zero attached hydrogens (tertiary/aromatic N) is 2. The largest absolute Gasteiger partial charge is 0.507 e. The summed E-state index contributed by atoms with van der Waals surface area (Å²) in [5.74, 6) is -3.65. The molecule has 2 aromatic rings. The Labute approximate surface area is 315 Å². The highest BCUT2D eigenvalue weighted by Gasteiger charge is 2.45. The molecule has 16 nitrogen and oxygen atoms in total. The molecule has 1 fully saturated rings. The van der Waals surface area contributed by atoms with Gasteiger partial charge in [0.25, 0.3) is 0 Å². The zero-order chi connectivity index (χ0) is 39.5. The summed E-state index contributed by atoms with van der Waals surface area (Å²) in [4.78, 5) is 78.6. The number of nitrogens with one attached hydrogen (secondary N) is 2. The number of hydrogen-bond acceptors (Lipinski definition) is 14. The van der Waals surface area contributed by atoms with E-state index in [4.69, 9.17) is 9.47 Å². The molecule has 3 aliphatic rings. The summed E-state index contributed by atoms with van der Waals surface area (Å²) in [6, 6.07) is 4.42. The van der Waals surface area contributed by atoms with Crippen LogP contribution in [0.25, 0.3) is 0 Å². The second-order valence-corrected chi connectivity index (χ2v) is 15.4. The van der Waals surface area contributed by atoms with Crippen LogP contribution in [0.3, 0.4) is 0 Å². The number of amides is 4. The van der Waals surface area contributed by atoms with Gasteiger partial charge in [-0.3, -0.25) is 33.7 Å². The van der Waals surface area contributed by atoms with Crippen LogP contribution >= 0.6 is 11.8 Å². The number of thioether (sulfide) groups is 1. The van der Waals surface area contributed by atoms with Crippen molar-refractivity contribution in [2.24, 2.45) is 5.10 Å². The number of imide groups is 1. The van der Waals surface area contributed by atoms with Crippen molar-refractivity contribution in [2.45, 2.75) is 75.2 Å². The zero-order valence-corrected chi connectivity index (χ0v) is 31.3. The number of carbonyl (C=O) groups is 6. The summed E-state index contributed by atoms with van der Waals surface area (Å²) >= 11 is 1.22. The summed E-state index contributed by atoms with van der Waals surface area (Å²) in [6.45, 7) is 3.18. The lowest BCUT2D eigenvalue weighted by atomic mass is 9.73. The standard InChI is InChI=1S/C37H44N4O12S/c1-36(2,18-52-3)38-25(43)11-14-54-23-15-27(45)41(35(23)50)13-6-9-26(44)40-39-24(17-42)37(51)12-10-19-21(16-37)33(48)29-30(31(19)46)34(49)28-20(32(29)47)7-5-8-22(28)53-4/h5,7-8,23,42,46,48,51H,6,9-18H2,1-4H3,(H,38,43)(H,40,44)/b39-24-/t23?,37-/m1/s1. The molecule has 1 saturated heterocycles. The molecule has 2 atom stereocenters. The van der Waals surface area contributed by atoms with Crippen molar-refractivity contribution < 1.29 is 58.7 Å². The fraction of sp³-hybridized carbons (Fsp3) is 0.486. The highest BCUT2D eigenvalue weighted by atomic mass is 32.2. The van der Waals surface area contributed by atoms with Gasteiger partial charge in [0.15, 0.2) is 5.78 Å². The first-order valence-electron chi connectivity index (χ1n) is 17.4. The summed E-state index contributed by atoms with van der Waals surface area (Å²) in [5, 5.41) is 50.5. The van der Waals surface area contributed by atoms with Crippen molar-refractivity contribution in [3.8, 4) is 17.2 Å². The lowest BCUT2D eigenvalue weighted by molar-refractivity contribution is -0.138. The first-order valence-corrected chi connectivity index (χ1v) is 18.4. The fourth-order valence-corrected chi connectivity index (χ4v) is 8.21. The van der Waals surface area contributed by atoms with Crippen molar-refractivity contribution >= 4 is 52.7 Å². The van der Waals surface area contributed by atoms with Crippen LogP contribution in [-0.2, 0) is 36.8 Å². The van der Waals surface area contributed by atoms with Crippen LogP contribution in [0.15, 0.2) is 23.3 Å². The molecule has 1 aliphatic heterocycles. The molecule has 4 amide bonds. The van der Waals surface area contributed by atoms with Crippen molar-refractivity contribution in [2.75, 3.05) is 39.7 Å². The van der Waals surface area contributed by atoms with E-state index in [0.717, 1.165) is 4.90 Å². The van der Waals surface area contributed by atoms with Gasteiger partial charge in [0.2, 0.25) is 29.4 Å². The zero-order valence-electron chi connectivity index (χ0n) is 30.4. The maximum Gasteiger partial charge on any atom is 0.242 e. The minimum absolute atomic E-state index is 0.00863. The van der Waals surface area contributed by atoms with Gasteiger partial charge in [0.05, 0.1) is 53.5 Å². The van der Waals surface area contributed by atoms with Gasteiger partial charge < -0.3 is 35.2 Å². The number of hydrogen-bond donors (Lipinski definition) is 6. The Morgan fingerprint density at radius 2 is 1.72 bits per heavy atom. The van der Waals surface area contributed by atoms with Crippen LogP contribution < -0.4 is 15.5 Å². The molecule has 2 aliphatic carbocycles. The first kappa shape index (κ1) is 40.3. The van der Waals surface area contributed by atoms with E-state index in [1.54, 1.807) is 0 Å². The lowest BCUT2D eigenvalue weighted by Crippen LogP contribution is -2.47. The Bertz CT molecular complexity index is 1930. The third-order valence-electron chi connectivity index (χ3n) is 9.71. The highest BCUT2D eigenvalue weighted by molar-refractivity contribution is 8.00. The number of benzene rings is 2. The molecule has 54 heavy (non-hydrogen) atoms. The number of phenolic OH excluding ortho intramolecular Hbond substituents is 2. The number of methoxy groups -OCH3 is 2. The van der Waals surface area contributed by atoms with Crippen molar-refractivity contribution in [1.82, 2.24) is 15.6 Å². The summed E-state index contributed by atoms with van der Waals surface area (Å²) in [7, 11) is 2.88. The SMILES string of the molecule is COCC(C)(C)NC(=O)CCSC1CC(=O)N(CCCC(=O)N/N=C(/CO)[C@@]2(O)CCc3c(O)c4c(c(O)c3C2)C(=O)c2cccc(OC)c2C4=O)C1=O.